The highest BCUT2D eigenvalue weighted by Crippen LogP contribution is 2.34. The van der Waals surface area contributed by atoms with Crippen LogP contribution in [0, 0.1) is 23.7 Å². The van der Waals surface area contributed by atoms with Crippen LogP contribution >= 0.6 is 0 Å². The van der Waals surface area contributed by atoms with E-state index in [0.717, 1.165) is 24.0 Å². The van der Waals surface area contributed by atoms with Gasteiger partial charge in [-0.2, -0.15) is 0 Å². The summed E-state index contributed by atoms with van der Waals surface area (Å²) in [5.74, 6) is 8.88. The van der Waals surface area contributed by atoms with E-state index in [4.69, 9.17) is 4.74 Å². The Bertz CT molecular complexity index is 614. The van der Waals surface area contributed by atoms with Crippen molar-refractivity contribution in [3.05, 3.63) is 47.5 Å². The molecule has 0 heterocycles. The molecule has 0 N–H and O–H groups in total. The smallest absolute Gasteiger partial charge is 0.0575 e. The van der Waals surface area contributed by atoms with Gasteiger partial charge in [0.05, 0.1) is 6.10 Å². The van der Waals surface area contributed by atoms with Gasteiger partial charge >= 0.3 is 0 Å². The van der Waals surface area contributed by atoms with Crippen molar-refractivity contribution in [2.45, 2.75) is 77.2 Å². The highest BCUT2D eigenvalue weighted by Gasteiger charge is 2.22. The van der Waals surface area contributed by atoms with Crippen LogP contribution in [0.25, 0.3) is 0 Å². The van der Waals surface area contributed by atoms with Crippen molar-refractivity contribution in [3.8, 4) is 11.8 Å². The lowest BCUT2D eigenvalue weighted by Crippen LogP contribution is -2.20. The third-order valence-corrected chi connectivity index (χ3v) is 6.19. The molecule has 2 aliphatic rings. The fourth-order valence-electron chi connectivity index (χ4n) is 4.42. The molecule has 0 spiro atoms. The Labute approximate surface area is 160 Å². The molecule has 2 fully saturated rings. The number of rotatable bonds is 4. The molecule has 2 saturated carbocycles. The summed E-state index contributed by atoms with van der Waals surface area (Å²) in [6, 6.07) is 8.93. The van der Waals surface area contributed by atoms with E-state index in [2.05, 4.69) is 62.1 Å². The van der Waals surface area contributed by atoms with E-state index < -0.39 is 0 Å². The molecule has 1 heteroatoms. The van der Waals surface area contributed by atoms with Gasteiger partial charge in [0.1, 0.15) is 0 Å². The fraction of sp³-hybridized carbons (Fsp3) is 0.600. The number of allylic oxidation sites excluding steroid dienone is 2. The lowest BCUT2D eigenvalue weighted by atomic mass is 9.82. The van der Waals surface area contributed by atoms with Crippen molar-refractivity contribution in [2.75, 3.05) is 6.61 Å². The summed E-state index contributed by atoms with van der Waals surface area (Å²) in [6.45, 7) is 5.31. The standard InChI is InChI=1S/C25H34O/c1-3-26-25-18-16-24(17-19-25)23-14-12-22(13-15-23)7-5-4-6-21-10-8-20(2)9-11-21/h4,6,12-15,20-21,24-25H,3,8-11,16-19H2,1-2H3/b6-4+/t20-,21-,24-,25-. The third-order valence-electron chi connectivity index (χ3n) is 6.19. The molecule has 0 aliphatic heterocycles. The molecule has 0 unspecified atom stereocenters. The average molecular weight is 351 g/mol. The summed E-state index contributed by atoms with van der Waals surface area (Å²) in [5, 5.41) is 0. The third kappa shape index (κ3) is 5.75. The van der Waals surface area contributed by atoms with Gasteiger partial charge in [-0.05, 0) is 87.0 Å². The first-order valence-corrected chi connectivity index (χ1v) is 10.6. The Morgan fingerprint density at radius 1 is 0.962 bits per heavy atom. The van der Waals surface area contributed by atoms with E-state index in [9.17, 15) is 0 Å². The average Bonchev–Trinajstić information content (AvgIpc) is 2.68. The van der Waals surface area contributed by atoms with Gasteiger partial charge in [-0.3, -0.25) is 0 Å². The zero-order chi connectivity index (χ0) is 18.2. The Kier molecular flexibility index (Phi) is 7.39. The Morgan fingerprint density at radius 3 is 2.31 bits per heavy atom. The molecule has 0 atom stereocenters. The minimum absolute atomic E-state index is 0.487. The molecule has 0 aromatic heterocycles. The lowest BCUT2D eigenvalue weighted by molar-refractivity contribution is 0.0328. The zero-order valence-corrected chi connectivity index (χ0v) is 16.5. The van der Waals surface area contributed by atoms with Crippen molar-refractivity contribution >= 4 is 0 Å². The van der Waals surface area contributed by atoms with Crippen molar-refractivity contribution in [3.63, 3.8) is 0 Å². The van der Waals surface area contributed by atoms with E-state index in [-0.39, 0.29) is 0 Å². The highest BCUT2D eigenvalue weighted by molar-refractivity contribution is 5.39. The predicted octanol–water partition coefficient (Wildman–Crippen LogP) is 6.48. The largest absolute Gasteiger partial charge is 0.379 e. The van der Waals surface area contributed by atoms with Gasteiger partial charge < -0.3 is 4.74 Å². The van der Waals surface area contributed by atoms with Crippen LogP contribution in [-0.2, 0) is 4.74 Å². The van der Waals surface area contributed by atoms with Gasteiger partial charge in [-0.15, -0.1) is 0 Å². The first kappa shape index (κ1) is 19.2. The first-order chi connectivity index (χ1) is 12.7. The minimum Gasteiger partial charge on any atom is -0.379 e. The van der Waals surface area contributed by atoms with Crippen LogP contribution < -0.4 is 0 Å². The number of hydrogen-bond donors (Lipinski definition) is 0. The van der Waals surface area contributed by atoms with E-state index >= 15 is 0 Å². The molecule has 1 aromatic carbocycles. The van der Waals surface area contributed by atoms with Gasteiger partial charge in [0.15, 0.2) is 0 Å². The SMILES string of the molecule is CCO[C@H]1CC[C@H](c2ccc(C#C/C=C/[C@H]3CC[C@H](C)CC3)cc2)CC1. The zero-order valence-electron chi connectivity index (χ0n) is 16.5. The van der Waals surface area contributed by atoms with Crippen LogP contribution in [0.3, 0.4) is 0 Å². The van der Waals surface area contributed by atoms with Gasteiger partial charge in [0, 0.05) is 12.2 Å². The molecule has 140 valence electrons. The number of hydrogen-bond acceptors (Lipinski definition) is 1. The highest BCUT2D eigenvalue weighted by atomic mass is 16.5. The number of benzene rings is 1. The van der Waals surface area contributed by atoms with Crippen LogP contribution in [0.1, 0.15) is 82.3 Å². The van der Waals surface area contributed by atoms with Crippen molar-refractivity contribution in [1.29, 1.82) is 0 Å². The van der Waals surface area contributed by atoms with Crippen molar-refractivity contribution in [1.82, 2.24) is 0 Å². The van der Waals surface area contributed by atoms with Crippen LogP contribution in [0.5, 0.6) is 0 Å². The van der Waals surface area contributed by atoms with Crippen molar-refractivity contribution < 1.29 is 4.74 Å². The fourth-order valence-corrected chi connectivity index (χ4v) is 4.42. The molecule has 1 aromatic rings. The molecular weight excluding hydrogens is 316 g/mol. The Morgan fingerprint density at radius 2 is 1.65 bits per heavy atom. The maximum absolute atomic E-state index is 5.77. The number of ether oxygens (including phenoxy) is 1. The Balaban J connectivity index is 1.48. The molecule has 0 radical (unpaired) electrons. The monoisotopic (exact) mass is 350 g/mol. The first-order valence-electron chi connectivity index (χ1n) is 10.6. The normalized spacial score (nSPS) is 29.3. The topological polar surface area (TPSA) is 9.23 Å². The summed E-state index contributed by atoms with van der Waals surface area (Å²) in [5.41, 5.74) is 2.59. The predicted molar refractivity (Wildman–Crippen MR) is 110 cm³/mol. The van der Waals surface area contributed by atoms with Crippen molar-refractivity contribution in [2.24, 2.45) is 11.8 Å². The van der Waals surface area contributed by atoms with Crippen LogP contribution in [0.4, 0.5) is 0 Å². The lowest BCUT2D eigenvalue weighted by Gasteiger charge is -2.28. The summed E-state index contributed by atoms with van der Waals surface area (Å²) >= 11 is 0. The molecule has 0 saturated heterocycles. The summed E-state index contributed by atoms with van der Waals surface area (Å²) in [6.07, 6.45) is 15.2. The van der Waals surface area contributed by atoms with Gasteiger partial charge in [0.2, 0.25) is 0 Å². The van der Waals surface area contributed by atoms with Gasteiger partial charge in [0.25, 0.3) is 0 Å². The maximum Gasteiger partial charge on any atom is 0.0575 e. The molecule has 2 aliphatic carbocycles. The van der Waals surface area contributed by atoms with Gasteiger partial charge in [-0.1, -0.05) is 49.8 Å². The molecule has 3 rings (SSSR count). The van der Waals surface area contributed by atoms with Gasteiger partial charge in [-0.25, -0.2) is 0 Å². The minimum atomic E-state index is 0.487. The maximum atomic E-state index is 5.77. The summed E-state index contributed by atoms with van der Waals surface area (Å²) in [7, 11) is 0. The summed E-state index contributed by atoms with van der Waals surface area (Å²) in [4.78, 5) is 0. The molecule has 26 heavy (non-hydrogen) atoms. The van der Waals surface area contributed by atoms with Crippen LogP contribution in [0.15, 0.2) is 36.4 Å². The second-order valence-corrected chi connectivity index (χ2v) is 8.20. The molecular formula is C25H34O. The molecule has 0 amide bonds. The van der Waals surface area contributed by atoms with E-state index in [0.29, 0.717) is 12.0 Å². The van der Waals surface area contributed by atoms with Crippen LogP contribution in [-0.4, -0.2) is 12.7 Å². The Hall–Kier alpha value is -1.52. The molecule has 0 bridgehead atoms. The van der Waals surface area contributed by atoms with E-state index in [1.807, 2.05) is 0 Å². The second-order valence-electron chi connectivity index (χ2n) is 8.20. The second kappa shape index (κ2) is 9.98. The molecule has 1 nitrogen and oxygen atoms in total. The quantitative estimate of drug-likeness (QED) is 0.564. The van der Waals surface area contributed by atoms with E-state index in [1.54, 1.807) is 0 Å². The van der Waals surface area contributed by atoms with E-state index in [1.165, 1.54) is 56.9 Å². The van der Waals surface area contributed by atoms with Crippen LogP contribution in [0.2, 0.25) is 0 Å². The summed E-state index contributed by atoms with van der Waals surface area (Å²) < 4.78 is 5.77.